The first-order valence-electron chi connectivity index (χ1n) is 8.46. The minimum Gasteiger partial charge on any atom is -0.497 e. The molecule has 8 heteroatoms. The Morgan fingerprint density at radius 1 is 1.18 bits per heavy atom. The van der Waals surface area contributed by atoms with E-state index in [0.29, 0.717) is 16.5 Å². The number of methoxy groups -OCH3 is 1. The first-order valence-corrected chi connectivity index (χ1v) is 11.2. The van der Waals surface area contributed by atoms with Gasteiger partial charge in [0, 0.05) is 27.6 Å². The first kappa shape index (κ1) is 19.0. The third kappa shape index (κ3) is 3.30. The van der Waals surface area contributed by atoms with E-state index >= 15 is 0 Å². The van der Waals surface area contributed by atoms with Crippen LogP contribution in [0.15, 0.2) is 63.7 Å². The molecule has 1 aromatic heterocycles. The second-order valence-electron chi connectivity index (χ2n) is 6.38. The minimum atomic E-state index is -3.79. The largest absolute Gasteiger partial charge is 0.497 e. The van der Waals surface area contributed by atoms with Gasteiger partial charge in [-0.3, -0.25) is 4.79 Å². The number of ether oxygens (including phenoxy) is 1. The molecule has 3 aromatic rings. The van der Waals surface area contributed by atoms with Crippen LogP contribution in [0.2, 0.25) is 5.02 Å². The highest BCUT2D eigenvalue weighted by Gasteiger charge is 2.34. The molecule has 0 spiro atoms. The number of hydrogen-bond donors (Lipinski definition) is 1. The highest BCUT2D eigenvalue weighted by Crippen LogP contribution is 2.46. The van der Waals surface area contributed by atoms with Gasteiger partial charge in [0.05, 0.1) is 17.7 Å². The zero-order valence-corrected chi connectivity index (χ0v) is 17.2. The van der Waals surface area contributed by atoms with Gasteiger partial charge in [0.25, 0.3) is 0 Å². The number of carbonyl (C=O) groups is 1. The van der Waals surface area contributed by atoms with Crippen LogP contribution in [0.5, 0.6) is 5.75 Å². The fourth-order valence-electron chi connectivity index (χ4n) is 3.28. The van der Waals surface area contributed by atoms with Gasteiger partial charge in [-0.05, 0) is 42.0 Å². The van der Waals surface area contributed by atoms with E-state index in [0.717, 1.165) is 10.4 Å². The number of anilines is 1. The average Bonchev–Trinajstić information content (AvgIpc) is 3.12. The lowest BCUT2D eigenvalue weighted by molar-refractivity contribution is -0.116. The first-order chi connectivity index (χ1) is 13.4. The average molecular weight is 434 g/mol. The Hall–Kier alpha value is -2.35. The number of hydrogen-bond acceptors (Lipinski definition) is 5. The van der Waals surface area contributed by atoms with E-state index in [1.54, 1.807) is 23.6 Å². The molecule has 0 fully saturated rings. The van der Waals surface area contributed by atoms with E-state index < -0.39 is 9.84 Å². The maximum Gasteiger partial charge on any atom is 0.225 e. The number of rotatable bonds is 4. The van der Waals surface area contributed by atoms with Crippen LogP contribution < -0.4 is 10.1 Å². The van der Waals surface area contributed by atoms with E-state index in [1.165, 1.54) is 30.6 Å². The summed E-state index contributed by atoms with van der Waals surface area (Å²) in [7, 11) is -2.27. The summed E-state index contributed by atoms with van der Waals surface area (Å²) >= 11 is 7.44. The van der Waals surface area contributed by atoms with Crippen molar-refractivity contribution in [1.82, 2.24) is 0 Å². The monoisotopic (exact) mass is 433 g/mol. The topological polar surface area (TPSA) is 72.5 Å². The highest BCUT2D eigenvalue weighted by molar-refractivity contribution is 7.91. The van der Waals surface area contributed by atoms with Gasteiger partial charge in [0.15, 0.2) is 0 Å². The fourth-order valence-corrected chi connectivity index (χ4v) is 6.38. The number of nitrogens with one attached hydrogen (secondary N) is 1. The van der Waals surface area contributed by atoms with E-state index in [2.05, 4.69) is 5.32 Å². The number of thiophene rings is 1. The van der Waals surface area contributed by atoms with Crippen molar-refractivity contribution in [3.8, 4) is 5.75 Å². The zero-order chi connectivity index (χ0) is 19.9. The molecule has 0 bridgehead atoms. The van der Waals surface area contributed by atoms with Crippen molar-refractivity contribution < 1.29 is 17.9 Å². The van der Waals surface area contributed by atoms with Gasteiger partial charge in [-0.2, -0.15) is 0 Å². The molecule has 5 nitrogen and oxygen atoms in total. The maximum absolute atomic E-state index is 13.2. The highest BCUT2D eigenvalue weighted by atomic mass is 35.5. The van der Waals surface area contributed by atoms with Crippen molar-refractivity contribution in [2.45, 2.75) is 22.1 Å². The summed E-state index contributed by atoms with van der Waals surface area (Å²) in [5.74, 6) is 0.120. The minimum absolute atomic E-state index is 0.109. The second-order valence-corrected chi connectivity index (χ2v) is 9.64. The lowest BCUT2D eigenvalue weighted by atomic mass is 9.91. The van der Waals surface area contributed by atoms with Crippen molar-refractivity contribution >= 4 is 44.4 Å². The van der Waals surface area contributed by atoms with Gasteiger partial charge in [-0.25, -0.2) is 8.42 Å². The van der Waals surface area contributed by atoms with E-state index in [4.69, 9.17) is 16.3 Å². The molecule has 2 heterocycles. The molecule has 1 N–H and O–H groups in total. The van der Waals surface area contributed by atoms with Crippen LogP contribution in [-0.4, -0.2) is 21.4 Å². The number of halogens is 1. The normalized spacial score (nSPS) is 16.4. The molecule has 0 unspecified atom stereocenters. The lowest BCUT2D eigenvalue weighted by Crippen LogP contribution is -2.23. The number of amides is 1. The predicted octanol–water partition coefficient (Wildman–Crippen LogP) is 4.72. The van der Waals surface area contributed by atoms with Crippen molar-refractivity contribution in [2.24, 2.45) is 0 Å². The molecule has 4 rings (SSSR count). The summed E-state index contributed by atoms with van der Waals surface area (Å²) in [5.41, 5.74) is 1.25. The van der Waals surface area contributed by atoms with Crippen LogP contribution in [0, 0.1) is 0 Å². The SMILES string of the molecule is COc1ccc(S(=O)(=O)c2csc3c2NC(=O)C[C@H]3c2cccc(Cl)c2)cc1. The summed E-state index contributed by atoms with van der Waals surface area (Å²) in [5, 5.41) is 4.92. The van der Waals surface area contributed by atoms with Crippen LogP contribution in [0.25, 0.3) is 0 Å². The fraction of sp³-hybridized carbons (Fsp3) is 0.150. The Morgan fingerprint density at radius 3 is 2.61 bits per heavy atom. The Kier molecular flexibility index (Phi) is 4.91. The quantitative estimate of drug-likeness (QED) is 0.646. The second kappa shape index (κ2) is 7.24. The summed E-state index contributed by atoms with van der Waals surface area (Å²) in [6.45, 7) is 0. The Bertz CT molecular complexity index is 1150. The molecule has 1 aliphatic rings. The van der Waals surface area contributed by atoms with Gasteiger partial charge >= 0.3 is 0 Å². The molecule has 0 radical (unpaired) electrons. The third-order valence-corrected chi connectivity index (χ3v) is 7.94. The number of benzene rings is 2. The predicted molar refractivity (Wildman–Crippen MR) is 109 cm³/mol. The summed E-state index contributed by atoms with van der Waals surface area (Å²) in [4.78, 5) is 13.4. The van der Waals surface area contributed by atoms with Crippen molar-refractivity contribution in [3.63, 3.8) is 0 Å². The molecule has 1 atom stereocenters. The van der Waals surface area contributed by atoms with Crippen molar-refractivity contribution in [1.29, 1.82) is 0 Å². The molecule has 2 aromatic carbocycles. The smallest absolute Gasteiger partial charge is 0.225 e. The lowest BCUT2D eigenvalue weighted by Gasteiger charge is -2.24. The molecule has 28 heavy (non-hydrogen) atoms. The van der Waals surface area contributed by atoms with E-state index in [9.17, 15) is 13.2 Å². The van der Waals surface area contributed by atoms with Gasteiger partial charge in [-0.1, -0.05) is 23.7 Å². The number of carbonyl (C=O) groups excluding carboxylic acids is 1. The Labute approximate surface area is 171 Å². The van der Waals surface area contributed by atoms with Crippen molar-refractivity contribution in [2.75, 3.05) is 12.4 Å². The van der Waals surface area contributed by atoms with E-state index in [1.807, 2.05) is 18.2 Å². The van der Waals surface area contributed by atoms with Gasteiger partial charge < -0.3 is 10.1 Å². The number of fused-ring (bicyclic) bond motifs is 1. The maximum atomic E-state index is 13.2. The van der Waals surface area contributed by atoms with Gasteiger partial charge in [0.2, 0.25) is 15.7 Å². The number of sulfone groups is 1. The standard InChI is InChI=1S/C20H16ClNO4S2/c1-26-14-5-7-15(8-6-14)28(24,25)17-11-27-20-16(10-18(23)22-19(17)20)12-3-2-4-13(21)9-12/h2-9,11,16H,10H2,1H3,(H,22,23)/t16-/m0/s1. The van der Waals surface area contributed by atoms with Crippen LogP contribution in [0.4, 0.5) is 5.69 Å². The molecule has 0 aliphatic carbocycles. The molecular weight excluding hydrogens is 418 g/mol. The molecule has 1 aliphatic heterocycles. The third-order valence-electron chi connectivity index (χ3n) is 4.67. The molecule has 144 valence electrons. The molecular formula is C20H16ClNO4S2. The summed E-state index contributed by atoms with van der Waals surface area (Å²) < 4.78 is 31.4. The van der Waals surface area contributed by atoms with Gasteiger partial charge in [-0.15, -0.1) is 11.3 Å². The van der Waals surface area contributed by atoms with E-state index in [-0.39, 0.29) is 28.0 Å². The van der Waals surface area contributed by atoms with Crippen LogP contribution in [0.1, 0.15) is 22.8 Å². The Morgan fingerprint density at radius 2 is 1.93 bits per heavy atom. The molecule has 1 amide bonds. The van der Waals surface area contributed by atoms with Crippen LogP contribution >= 0.6 is 22.9 Å². The van der Waals surface area contributed by atoms with Crippen molar-refractivity contribution in [3.05, 3.63) is 69.4 Å². The zero-order valence-electron chi connectivity index (χ0n) is 14.8. The van der Waals surface area contributed by atoms with Crippen LogP contribution in [-0.2, 0) is 14.6 Å². The molecule has 0 saturated carbocycles. The molecule has 0 saturated heterocycles. The summed E-state index contributed by atoms with van der Waals surface area (Å²) in [6.07, 6.45) is 0.246. The Balaban J connectivity index is 1.80. The van der Waals surface area contributed by atoms with Crippen LogP contribution in [0.3, 0.4) is 0 Å². The summed E-state index contributed by atoms with van der Waals surface area (Å²) in [6, 6.07) is 13.5. The van der Waals surface area contributed by atoms with Gasteiger partial charge in [0.1, 0.15) is 10.6 Å².